The average molecular weight is 380 g/mol. The van der Waals surface area contributed by atoms with Gasteiger partial charge in [-0.05, 0) is 42.8 Å². The molecular formula is C21H20N2O5. The van der Waals surface area contributed by atoms with Gasteiger partial charge in [-0.15, -0.1) is 10.2 Å². The van der Waals surface area contributed by atoms with E-state index in [1.165, 1.54) is 6.08 Å². The number of benzene rings is 2. The molecule has 0 fully saturated rings. The topological polar surface area (TPSA) is 83.7 Å². The minimum Gasteiger partial charge on any atom is -0.493 e. The van der Waals surface area contributed by atoms with Crippen molar-refractivity contribution in [2.75, 3.05) is 13.7 Å². The van der Waals surface area contributed by atoms with Crippen molar-refractivity contribution in [2.24, 2.45) is 0 Å². The third kappa shape index (κ3) is 4.97. The van der Waals surface area contributed by atoms with Gasteiger partial charge in [0.05, 0.1) is 13.7 Å². The summed E-state index contributed by atoms with van der Waals surface area (Å²) in [5.41, 5.74) is 1.58. The van der Waals surface area contributed by atoms with Crippen LogP contribution in [0.4, 0.5) is 0 Å². The number of rotatable bonds is 8. The predicted octanol–water partition coefficient (Wildman–Crippen LogP) is 3.90. The molecule has 7 nitrogen and oxygen atoms in total. The highest BCUT2D eigenvalue weighted by atomic mass is 16.5. The zero-order valence-electron chi connectivity index (χ0n) is 15.6. The average Bonchev–Trinajstić information content (AvgIpc) is 3.21. The van der Waals surface area contributed by atoms with Crippen LogP contribution in [0, 0.1) is 0 Å². The molecule has 0 amide bonds. The first kappa shape index (κ1) is 19.2. The number of hydrogen-bond donors (Lipinski definition) is 0. The van der Waals surface area contributed by atoms with Crippen LogP contribution < -0.4 is 9.47 Å². The molecule has 3 aromatic rings. The summed E-state index contributed by atoms with van der Waals surface area (Å²) in [7, 11) is 1.56. The van der Waals surface area contributed by atoms with Crippen molar-refractivity contribution in [3.8, 4) is 23.0 Å². The first-order valence-electron chi connectivity index (χ1n) is 8.73. The van der Waals surface area contributed by atoms with Crippen LogP contribution in [0.25, 0.3) is 17.5 Å². The van der Waals surface area contributed by atoms with E-state index >= 15 is 0 Å². The summed E-state index contributed by atoms with van der Waals surface area (Å²) < 4.78 is 21.4. The Morgan fingerprint density at radius 1 is 1.11 bits per heavy atom. The molecule has 0 bridgehead atoms. The second kappa shape index (κ2) is 9.36. The fraction of sp³-hybridized carbons (Fsp3) is 0.190. The molecule has 0 saturated carbocycles. The molecule has 0 aliphatic rings. The highest BCUT2D eigenvalue weighted by Crippen LogP contribution is 2.28. The van der Waals surface area contributed by atoms with E-state index in [4.69, 9.17) is 18.6 Å². The third-order valence-corrected chi connectivity index (χ3v) is 3.72. The van der Waals surface area contributed by atoms with Crippen LogP contribution in [0.1, 0.15) is 18.4 Å². The molecule has 0 aliphatic heterocycles. The maximum atomic E-state index is 11.9. The van der Waals surface area contributed by atoms with Gasteiger partial charge in [0.2, 0.25) is 5.89 Å². The van der Waals surface area contributed by atoms with Gasteiger partial charge in [-0.3, -0.25) is 0 Å². The quantitative estimate of drug-likeness (QED) is 0.433. The van der Waals surface area contributed by atoms with Gasteiger partial charge in [0.1, 0.15) is 0 Å². The van der Waals surface area contributed by atoms with E-state index in [-0.39, 0.29) is 12.5 Å². The van der Waals surface area contributed by atoms with Gasteiger partial charge in [-0.1, -0.05) is 24.3 Å². The van der Waals surface area contributed by atoms with E-state index < -0.39 is 5.97 Å². The molecular weight excluding hydrogens is 360 g/mol. The van der Waals surface area contributed by atoms with E-state index in [9.17, 15) is 4.79 Å². The highest BCUT2D eigenvalue weighted by Gasteiger charge is 2.10. The van der Waals surface area contributed by atoms with Gasteiger partial charge in [0.15, 0.2) is 18.1 Å². The first-order valence-corrected chi connectivity index (χ1v) is 8.73. The summed E-state index contributed by atoms with van der Waals surface area (Å²) in [5, 5.41) is 7.83. The van der Waals surface area contributed by atoms with Crippen LogP contribution in [0.2, 0.25) is 0 Å². The standard InChI is InChI=1S/C21H20N2O5/c1-3-26-17-11-9-15(13-18(17)25-2)10-12-20(24)27-14-19-22-23-21(28-19)16-7-5-4-6-8-16/h4-13H,3,14H2,1-2H3/b12-10+. The predicted molar refractivity (Wildman–Crippen MR) is 103 cm³/mol. The zero-order chi connectivity index (χ0) is 19.8. The lowest BCUT2D eigenvalue weighted by Gasteiger charge is -2.09. The lowest BCUT2D eigenvalue weighted by Crippen LogP contribution is -2.01. The lowest BCUT2D eigenvalue weighted by molar-refractivity contribution is -0.139. The summed E-state index contributed by atoms with van der Waals surface area (Å²) in [5.74, 6) is 1.33. The Morgan fingerprint density at radius 2 is 1.93 bits per heavy atom. The van der Waals surface area contributed by atoms with Crippen molar-refractivity contribution < 1.29 is 23.4 Å². The Kier molecular flexibility index (Phi) is 6.41. The molecule has 0 unspecified atom stereocenters. The smallest absolute Gasteiger partial charge is 0.331 e. The van der Waals surface area contributed by atoms with Crippen molar-refractivity contribution in [3.63, 3.8) is 0 Å². The number of aromatic nitrogens is 2. The second-order valence-corrected chi connectivity index (χ2v) is 5.65. The second-order valence-electron chi connectivity index (χ2n) is 5.65. The lowest BCUT2D eigenvalue weighted by atomic mass is 10.2. The van der Waals surface area contributed by atoms with Crippen molar-refractivity contribution in [1.82, 2.24) is 10.2 Å². The molecule has 0 N–H and O–H groups in total. The molecule has 7 heteroatoms. The van der Waals surface area contributed by atoms with Crippen LogP contribution in [-0.4, -0.2) is 29.9 Å². The van der Waals surface area contributed by atoms with Crippen LogP contribution >= 0.6 is 0 Å². The zero-order valence-corrected chi connectivity index (χ0v) is 15.6. The maximum Gasteiger partial charge on any atom is 0.331 e. The molecule has 0 spiro atoms. The largest absolute Gasteiger partial charge is 0.493 e. The Labute approximate surface area is 162 Å². The van der Waals surface area contributed by atoms with Crippen LogP contribution in [0.15, 0.2) is 59.0 Å². The van der Waals surface area contributed by atoms with E-state index in [0.29, 0.717) is 24.0 Å². The monoisotopic (exact) mass is 380 g/mol. The van der Waals surface area contributed by atoms with Crippen LogP contribution in [0.5, 0.6) is 11.5 Å². The Hall–Kier alpha value is -3.61. The number of esters is 1. The number of hydrogen-bond acceptors (Lipinski definition) is 7. The van der Waals surface area contributed by atoms with Crippen LogP contribution in [0.3, 0.4) is 0 Å². The number of nitrogens with zero attached hydrogens (tertiary/aromatic N) is 2. The molecule has 28 heavy (non-hydrogen) atoms. The van der Waals surface area contributed by atoms with Gasteiger partial charge in [-0.2, -0.15) is 0 Å². The molecule has 0 saturated heterocycles. The van der Waals surface area contributed by atoms with E-state index in [0.717, 1.165) is 11.1 Å². The molecule has 0 aliphatic carbocycles. The van der Waals surface area contributed by atoms with Gasteiger partial charge >= 0.3 is 5.97 Å². The van der Waals surface area contributed by atoms with Gasteiger partial charge < -0.3 is 18.6 Å². The van der Waals surface area contributed by atoms with Crippen molar-refractivity contribution >= 4 is 12.0 Å². The molecule has 0 atom stereocenters. The summed E-state index contributed by atoms with van der Waals surface area (Å²) in [4.78, 5) is 11.9. The molecule has 1 heterocycles. The number of carbonyl (C=O) groups excluding carboxylic acids is 1. The van der Waals surface area contributed by atoms with Crippen molar-refractivity contribution in [1.29, 1.82) is 0 Å². The third-order valence-electron chi connectivity index (χ3n) is 3.72. The van der Waals surface area contributed by atoms with E-state index in [1.54, 1.807) is 25.3 Å². The number of ether oxygens (including phenoxy) is 3. The van der Waals surface area contributed by atoms with E-state index in [1.807, 2.05) is 43.3 Å². The molecule has 1 aromatic heterocycles. The number of carbonyl (C=O) groups is 1. The fourth-order valence-electron chi connectivity index (χ4n) is 2.42. The fourth-order valence-corrected chi connectivity index (χ4v) is 2.42. The SMILES string of the molecule is CCOc1ccc(/C=C/C(=O)OCc2nnc(-c3ccccc3)o2)cc1OC. The Bertz CT molecular complexity index is 950. The summed E-state index contributed by atoms with van der Waals surface area (Å²) >= 11 is 0. The normalized spacial score (nSPS) is 10.8. The van der Waals surface area contributed by atoms with Crippen LogP contribution in [-0.2, 0) is 16.1 Å². The molecule has 2 aromatic carbocycles. The number of methoxy groups -OCH3 is 1. The van der Waals surface area contributed by atoms with Gasteiger partial charge in [0.25, 0.3) is 5.89 Å². The molecule has 3 rings (SSSR count). The Balaban J connectivity index is 1.56. The van der Waals surface area contributed by atoms with Crippen molar-refractivity contribution in [3.05, 3.63) is 66.1 Å². The highest BCUT2D eigenvalue weighted by molar-refractivity contribution is 5.87. The summed E-state index contributed by atoms with van der Waals surface area (Å²) in [6.07, 6.45) is 2.95. The Morgan fingerprint density at radius 3 is 2.68 bits per heavy atom. The summed E-state index contributed by atoms with van der Waals surface area (Å²) in [6.45, 7) is 2.34. The minimum absolute atomic E-state index is 0.102. The maximum absolute atomic E-state index is 11.9. The van der Waals surface area contributed by atoms with Crippen molar-refractivity contribution in [2.45, 2.75) is 13.5 Å². The van der Waals surface area contributed by atoms with Gasteiger partial charge in [-0.25, -0.2) is 4.79 Å². The summed E-state index contributed by atoms with van der Waals surface area (Å²) in [6, 6.07) is 14.8. The molecule has 0 radical (unpaired) electrons. The molecule has 144 valence electrons. The van der Waals surface area contributed by atoms with E-state index in [2.05, 4.69) is 10.2 Å². The first-order chi connectivity index (χ1) is 13.7. The van der Waals surface area contributed by atoms with Gasteiger partial charge in [0, 0.05) is 11.6 Å². The minimum atomic E-state index is -0.521.